The molecule has 68 valence electrons. The van der Waals surface area contributed by atoms with E-state index in [0.29, 0.717) is 10.4 Å². The molecule has 13 heavy (non-hydrogen) atoms. The Morgan fingerprint density at radius 3 is 3.00 bits per heavy atom. The number of thiophene rings is 1. The van der Waals surface area contributed by atoms with Gasteiger partial charge in [-0.2, -0.15) is 0 Å². The summed E-state index contributed by atoms with van der Waals surface area (Å²) in [7, 11) is 0. The summed E-state index contributed by atoms with van der Waals surface area (Å²) in [5.74, 6) is -1.61. The molecule has 0 aliphatic heterocycles. The van der Waals surface area contributed by atoms with E-state index in [-0.39, 0.29) is 12.2 Å². The molecule has 0 fully saturated rings. The molecular weight excluding hydrogens is 256 g/mol. The monoisotopic (exact) mass is 260 g/mol. The van der Waals surface area contributed by atoms with E-state index in [1.165, 1.54) is 11.3 Å². The SMILES string of the molecule is O=C1CC(C(=O)O)c2sc(Br)cc21. The molecule has 1 heterocycles. The molecule has 0 saturated heterocycles. The molecule has 0 spiro atoms. The fourth-order valence-electron chi connectivity index (χ4n) is 1.44. The summed E-state index contributed by atoms with van der Waals surface area (Å²) in [6.07, 6.45) is 0.115. The number of carbonyl (C=O) groups is 2. The van der Waals surface area contributed by atoms with Crippen molar-refractivity contribution in [2.75, 3.05) is 0 Å². The Balaban J connectivity index is 2.51. The molecule has 1 aromatic rings. The lowest BCUT2D eigenvalue weighted by molar-refractivity contribution is -0.138. The average molecular weight is 261 g/mol. The maximum absolute atomic E-state index is 11.3. The molecule has 1 aliphatic rings. The summed E-state index contributed by atoms with van der Waals surface area (Å²) >= 11 is 4.57. The first-order valence-electron chi connectivity index (χ1n) is 3.65. The Morgan fingerprint density at radius 1 is 1.69 bits per heavy atom. The van der Waals surface area contributed by atoms with Gasteiger partial charge in [0.15, 0.2) is 5.78 Å². The fourth-order valence-corrected chi connectivity index (χ4v) is 3.19. The van der Waals surface area contributed by atoms with Crippen LogP contribution < -0.4 is 0 Å². The molecule has 1 N–H and O–H groups in total. The number of rotatable bonds is 1. The van der Waals surface area contributed by atoms with E-state index >= 15 is 0 Å². The first-order chi connectivity index (χ1) is 6.09. The van der Waals surface area contributed by atoms with Crippen molar-refractivity contribution in [1.29, 1.82) is 0 Å². The highest BCUT2D eigenvalue weighted by atomic mass is 79.9. The standard InChI is InChI=1S/C8H5BrO3S/c9-6-2-3-5(10)1-4(8(11)12)7(3)13-6/h2,4H,1H2,(H,11,12). The van der Waals surface area contributed by atoms with Gasteiger partial charge in [-0.3, -0.25) is 9.59 Å². The van der Waals surface area contributed by atoms with Crippen LogP contribution in [0.5, 0.6) is 0 Å². The molecule has 1 aromatic heterocycles. The number of ketones is 1. The average Bonchev–Trinajstić information content (AvgIpc) is 2.51. The van der Waals surface area contributed by atoms with Crippen LogP contribution in [0.2, 0.25) is 0 Å². The van der Waals surface area contributed by atoms with Gasteiger partial charge in [0, 0.05) is 16.9 Å². The van der Waals surface area contributed by atoms with Gasteiger partial charge in [0.1, 0.15) is 0 Å². The first-order valence-corrected chi connectivity index (χ1v) is 5.26. The zero-order valence-corrected chi connectivity index (χ0v) is 8.81. The van der Waals surface area contributed by atoms with E-state index in [1.54, 1.807) is 6.07 Å². The van der Waals surface area contributed by atoms with Crippen molar-refractivity contribution in [2.24, 2.45) is 0 Å². The molecule has 1 aliphatic carbocycles. The molecule has 5 heteroatoms. The van der Waals surface area contributed by atoms with Crippen molar-refractivity contribution in [3.8, 4) is 0 Å². The Bertz CT molecular complexity index is 396. The highest BCUT2D eigenvalue weighted by Crippen LogP contribution is 2.41. The third-order valence-corrected chi connectivity index (χ3v) is 3.79. The lowest BCUT2D eigenvalue weighted by Crippen LogP contribution is -2.07. The van der Waals surface area contributed by atoms with Gasteiger partial charge in [0.2, 0.25) is 0 Å². The van der Waals surface area contributed by atoms with E-state index in [9.17, 15) is 9.59 Å². The van der Waals surface area contributed by atoms with Crippen LogP contribution in [0.3, 0.4) is 0 Å². The highest BCUT2D eigenvalue weighted by molar-refractivity contribution is 9.11. The van der Waals surface area contributed by atoms with E-state index in [1.807, 2.05) is 0 Å². The number of carboxylic acids is 1. The lowest BCUT2D eigenvalue weighted by atomic mass is 10.1. The van der Waals surface area contributed by atoms with Crippen LogP contribution in [0, 0.1) is 0 Å². The number of carboxylic acid groups (broad SMARTS) is 1. The van der Waals surface area contributed by atoms with Crippen molar-refractivity contribution in [3.63, 3.8) is 0 Å². The van der Waals surface area contributed by atoms with E-state index in [4.69, 9.17) is 5.11 Å². The molecule has 2 rings (SSSR count). The number of hydrogen-bond acceptors (Lipinski definition) is 3. The third-order valence-electron chi connectivity index (χ3n) is 2.04. The zero-order chi connectivity index (χ0) is 9.59. The van der Waals surface area contributed by atoms with E-state index in [0.717, 1.165) is 3.79 Å². The van der Waals surface area contributed by atoms with Crippen LogP contribution in [-0.2, 0) is 4.79 Å². The number of hydrogen-bond donors (Lipinski definition) is 1. The van der Waals surface area contributed by atoms with Crippen LogP contribution in [0.25, 0.3) is 0 Å². The van der Waals surface area contributed by atoms with Crippen molar-refractivity contribution >= 4 is 39.0 Å². The minimum absolute atomic E-state index is 0.0654. The quantitative estimate of drug-likeness (QED) is 0.843. The van der Waals surface area contributed by atoms with Crippen LogP contribution in [0.4, 0.5) is 0 Å². The van der Waals surface area contributed by atoms with Gasteiger partial charge in [-0.1, -0.05) is 0 Å². The van der Waals surface area contributed by atoms with Gasteiger partial charge >= 0.3 is 5.97 Å². The van der Waals surface area contributed by atoms with Gasteiger partial charge in [-0.25, -0.2) is 0 Å². The van der Waals surface area contributed by atoms with Crippen molar-refractivity contribution in [1.82, 2.24) is 0 Å². The molecule has 1 unspecified atom stereocenters. The summed E-state index contributed by atoms with van der Waals surface area (Å²) in [5, 5.41) is 8.83. The minimum Gasteiger partial charge on any atom is -0.481 e. The van der Waals surface area contributed by atoms with Crippen molar-refractivity contribution in [2.45, 2.75) is 12.3 Å². The molecule has 0 radical (unpaired) electrons. The van der Waals surface area contributed by atoms with Gasteiger partial charge in [0.25, 0.3) is 0 Å². The molecule has 0 saturated carbocycles. The van der Waals surface area contributed by atoms with Crippen LogP contribution in [0.15, 0.2) is 9.85 Å². The second-order valence-electron chi connectivity index (χ2n) is 2.85. The normalized spacial score (nSPS) is 20.4. The maximum atomic E-state index is 11.3. The van der Waals surface area contributed by atoms with Gasteiger partial charge < -0.3 is 5.11 Å². The Kier molecular flexibility index (Phi) is 2.00. The van der Waals surface area contributed by atoms with Crippen LogP contribution in [0.1, 0.15) is 27.6 Å². The number of aliphatic carboxylic acids is 1. The van der Waals surface area contributed by atoms with Gasteiger partial charge in [-0.15, -0.1) is 11.3 Å². The van der Waals surface area contributed by atoms with Crippen molar-refractivity contribution < 1.29 is 14.7 Å². The predicted octanol–water partition coefficient (Wildman–Crippen LogP) is 2.27. The van der Waals surface area contributed by atoms with Crippen LogP contribution in [-0.4, -0.2) is 16.9 Å². The predicted molar refractivity (Wildman–Crippen MR) is 51.3 cm³/mol. The van der Waals surface area contributed by atoms with E-state index in [2.05, 4.69) is 15.9 Å². The van der Waals surface area contributed by atoms with Gasteiger partial charge in [-0.05, 0) is 22.0 Å². The van der Waals surface area contributed by atoms with Crippen molar-refractivity contribution in [3.05, 3.63) is 20.3 Å². The summed E-state index contributed by atoms with van der Waals surface area (Å²) in [6.45, 7) is 0. The van der Waals surface area contributed by atoms with Gasteiger partial charge in [0.05, 0.1) is 9.70 Å². The third kappa shape index (κ3) is 1.32. The largest absolute Gasteiger partial charge is 0.481 e. The summed E-state index contributed by atoms with van der Waals surface area (Å²) in [5.41, 5.74) is 0.573. The number of halogens is 1. The number of fused-ring (bicyclic) bond motifs is 1. The summed E-state index contributed by atoms with van der Waals surface area (Å²) < 4.78 is 0.816. The lowest BCUT2D eigenvalue weighted by Gasteiger charge is -1.99. The minimum atomic E-state index is -0.915. The second kappa shape index (κ2) is 2.92. The fraction of sp³-hybridized carbons (Fsp3) is 0.250. The zero-order valence-electron chi connectivity index (χ0n) is 6.41. The molecule has 3 nitrogen and oxygen atoms in total. The molecular formula is C8H5BrO3S. The second-order valence-corrected chi connectivity index (χ2v) is 5.31. The Hall–Kier alpha value is -0.680. The maximum Gasteiger partial charge on any atom is 0.312 e. The Labute approximate surface area is 86.5 Å². The highest BCUT2D eigenvalue weighted by Gasteiger charge is 2.36. The summed E-state index contributed by atoms with van der Waals surface area (Å²) in [4.78, 5) is 22.8. The Morgan fingerprint density at radius 2 is 2.38 bits per heavy atom. The van der Waals surface area contributed by atoms with E-state index < -0.39 is 11.9 Å². The topological polar surface area (TPSA) is 54.4 Å². The molecule has 0 bridgehead atoms. The summed E-state index contributed by atoms with van der Waals surface area (Å²) in [6, 6.07) is 1.70. The smallest absolute Gasteiger partial charge is 0.312 e. The molecule has 0 amide bonds. The molecule has 0 aromatic carbocycles. The number of carbonyl (C=O) groups excluding carboxylic acids is 1. The first kappa shape index (κ1) is 8.90. The number of Topliss-reactive ketones (excluding diaryl/α,β-unsaturated/α-hetero) is 1. The molecule has 1 atom stereocenters. The van der Waals surface area contributed by atoms with Crippen LogP contribution >= 0.6 is 27.3 Å².